The molecule has 0 unspecified atom stereocenters. The van der Waals surface area contributed by atoms with Crippen molar-refractivity contribution in [1.29, 1.82) is 5.41 Å². The number of alkyl halides is 3. The summed E-state index contributed by atoms with van der Waals surface area (Å²) in [6.45, 7) is 0. The van der Waals surface area contributed by atoms with Gasteiger partial charge in [-0.05, 0) is 12.8 Å². The van der Waals surface area contributed by atoms with Crippen LogP contribution in [-0.4, -0.2) is 42.6 Å². The number of carbonyl (C=O) groups is 2. The highest BCUT2D eigenvalue weighted by Crippen LogP contribution is 2.33. The molecule has 0 aromatic heterocycles. The molecule has 0 aliphatic heterocycles. The fourth-order valence-corrected chi connectivity index (χ4v) is 1.85. The number of hydrogen-bond donors (Lipinski definition) is 3. The average molecular weight is 294 g/mol. The maximum Gasteiger partial charge on any atom is 0.431 e. The smallest absolute Gasteiger partial charge is 0.431 e. The van der Waals surface area contributed by atoms with Crippen molar-refractivity contribution in [3.8, 4) is 0 Å². The van der Waals surface area contributed by atoms with Crippen LogP contribution in [0.15, 0.2) is 11.3 Å². The normalized spacial score (nSPS) is 23.2. The molecule has 0 atom stereocenters. The fourth-order valence-electron chi connectivity index (χ4n) is 1.85. The average Bonchev–Trinajstić information content (AvgIpc) is 2.28. The minimum absolute atomic E-state index is 0.122. The molecule has 0 spiro atoms. The van der Waals surface area contributed by atoms with Crippen molar-refractivity contribution >= 4 is 18.2 Å². The van der Waals surface area contributed by atoms with E-state index in [0.717, 1.165) is 0 Å². The lowest BCUT2D eigenvalue weighted by atomic mass is 9.80. The molecule has 112 valence electrons. The zero-order valence-corrected chi connectivity index (χ0v) is 10.5. The van der Waals surface area contributed by atoms with E-state index in [9.17, 15) is 22.8 Å². The zero-order valence-electron chi connectivity index (χ0n) is 10.5. The van der Waals surface area contributed by atoms with E-state index in [1.54, 1.807) is 0 Å². The van der Waals surface area contributed by atoms with E-state index >= 15 is 0 Å². The maximum absolute atomic E-state index is 12.8. The predicted octanol–water partition coefficient (Wildman–Crippen LogP) is 1.08. The Kier molecular flexibility index (Phi) is 4.74. The third-order valence-corrected chi connectivity index (χ3v) is 2.95. The first-order chi connectivity index (χ1) is 9.20. The molecule has 0 bridgehead atoms. The van der Waals surface area contributed by atoms with Gasteiger partial charge >= 0.3 is 18.1 Å². The Balaban J connectivity index is 2.83. The van der Waals surface area contributed by atoms with Gasteiger partial charge in [0.15, 0.2) is 0 Å². The lowest BCUT2D eigenvalue weighted by Crippen LogP contribution is -2.47. The van der Waals surface area contributed by atoms with Crippen molar-refractivity contribution < 1.29 is 32.6 Å². The van der Waals surface area contributed by atoms with Crippen LogP contribution in [0, 0.1) is 11.3 Å². The highest BCUT2D eigenvalue weighted by molar-refractivity contribution is 6.08. The number of ether oxygens (including phenoxy) is 1. The number of nitrogens with one attached hydrogen (secondary N) is 2. The molecule has 9 heteroatoms. The molecule has 1 saturated carbocycles. The largest absolute Gasteiger partial charge is 0.478 e. The first kappa shape index (κ1) is 16.0. The van der Waals surface area contributed by atoms with Gasteiger partial charge in [-0.1, -0.05) is 0 Å². The Morgan fingerprint density at radius 1 is 1.40 bits per heavy atom. The van der Waals surface area contributed by atoms with Gasteiger partial charge < -0.3 is 20.6 Å². The molecule has 0 aromatic carbocycles. The Hall–Kier alpha value is -2.06. The third-order valence-electron chi connectivity index (χ3n) is 2.95. The van der Waals surface area contributed by atoms with E-state index in [4.69, 9.17) is 10.5 Å². The first-order valence-electron chi connectivity index (χ1n) is 5.60. The number of hydrogen-bond acceptors (Lipinski definition) is 5. The topological polar surface area (TPSA) is 99.5 Å². The van der Waals surface area contributed by atoms with Gasteiger partial charge in [-0.25, -0.2) is 4.79 Å². The van der Waals surface area contributed by atoms with Gasteiger partial charge in [-0.3, -0.25) is 4.79 Å². The SMILES string of the molecule is COC(=O)[C@H]1C[C@H](N/C(=C(\C=N)C(=O)O)C(F)(F)F)C1. The number of esters is 1. The quantitative estimate of drug-likeness (QED) is 0.400. The van der Waals surface area contributed by atoms with Gasteiger partial charge in [-0.15, -0.1) is 0 Å². The number of carboxylic acids is 1. The maximum atomic E-state index is 12.8. The van der Waals surface area contributed by atoms with E-state index in [2.05, 4.69) is 4.74 Å². The van der Waals surface area contributed by atoms with Crippen LogP contribution in [0.25, 0.3) is 0 Å². The first-order valence-corrected chi connectivity index (χ1v) is 5.60. The number of halogens is 3. The van der Waals surface area contributed by atoms with E-state index in [0.29, 0.717) is 0 Å². The molecule has 0 amide bonds. The minimum atomic E-state index is -4.92. The molecule has 0 saturated heterocycles. The van der Waals surface area contributed by atoms with E-state index < -0.39 is 41.3 Å². The minimum Gasteiger partial charge on any atom is -0.478 e. The Morgan fingerprint density at radius 3 is 2.30 bits per heavy atom. The summed E-state index contributed by atoms with van der Waals surface area (Å²) < 4.78 is 42.8. The molecular formula is C11H13F3N2O4. The standard InChI is InChI=1S/C11H13F3N2O4/c1-20-10(19)5-2-6(3-5)16-8(11(12,13)14)7(4-15)9(17)18/h4-6,15-16H,2-3H2,1H3,(H,17,18)/b8-7+,15-4?/t5-,6-. The van der Waals surface area contributed by atoms with Gasteiger partial charge in [0.05, 0.1) is 13.0 Å². The Bertz CT molecular complexity index is 453. The number of methoxy groups -OCH3 is 1. The molecular weight excluding hydrogens is 281 g/mol. The number of allylic oxidation sites excluding steroid dienone is 1. The number of carboxylic acid groups (broad SMARTS) is 1. The summed E-state index contributed by atoms with van der Waals surface area (Å²) >= 11 is 0. The molecule has 3 N–H and O–H groups in total. The molecule has 1 fully saturated rings. The van der Waals surface area contributed by atoms with Crippen molar-refractivity contribution in [2.75, 3.05) is 7.11 Å². The predicted molar refractivity (Wildman–Crippen MR) is 61.2 cm³/mol. The molecule has 0 aromatic rings. The Labute approximate surface area is 112 Å². The van der Waals surface area contributed by atoms with Crippen LogP contribution < -0.4 is 5.32 Å². The summed E-state index contributed by atoms with van der Waals surface area (Å²) in [5, 5.41) is 17.5. The monoisotopic (exact) mass is 294 g/mol. The summed E-state index contributed by atoms with van der Waals surface area (Å²) in [6, 6.07) is -0.676. The van der Waals surface area contributed by atoms with E-state index in [1.807, 2.05) is 5.32 Å². The van der Waals surface area contributed by atoms with Gasteiger partial charge in [0, 0.05) is 12.3 Å². The number of rotatable bonds is 5. The van der Waals surface area contributed by atoms with Crippen LogP contribution in [0.2, 0.25) is 0 Å². The van der Waals surface area contributed by atoms with Crippen LogP contribution in [0.5, 0.6) is 0 Å². The summed E-state index contributed by atoms with van der Waals surface area (Å²) in [5.74, 6) is -2.84. The molecule has 6 nitrogen and oxygen atoms in total. The summed E-state index contributed by atoms with van der Waals surface area (Å²) in [5.41, 5.74) is -2.65. The van der Waals surface area contributed by atoms with Crippen LogP contribution >= 0.6 is 0 Å². The van der Waals surface area contributed by atoms with Gasteiger partial charge in [0.2, 0.25) is 0 Å². The van der Waals surface area contributed by atoms with Crippen molar-refractivity contribution in [3.05, 3.63) is 11.3 Å². The van der Waals surface area contributed by atoms with E-state index in [-0.39, 0.29) is 19.1 Å². The summed E-state index contributed by atoms with van der Waals surface area (Å²) in [4.78, 5) is 21.8. The highest BCUT2D eigenvalue weighted by Gasteiger charge is 2.43. The second kappa shape index (κ2) is 5.93. The molecule has 1 aliphatic rings. The van der Waals surface area contributed by atoms with Crippen LogP contribution in [0.4, 0.5) is 13.2 Å². The fraction of sp³-hybridized carbons (Fsp3) is 0.545. The number of carbonyl (C=O) groups excluding carboxylic acids is 1. The third kappa shape index (κ3) is 3.49. The van der Waals surface area contributed by atoms with Crippen LogP contribution in [0.3, 0.4) is 0 Å². The molecule has 20 heavy (non-hydrogen) atoms. The van der Waals surface area contributed by atoms with Gasteiger partial charge in [0.25, 0.3) is 0 Å². The highest BCUT2D eigenvalue weighted by atomic mass is 19.4. The number of aliphatic carboxylic acids is 1. The second-order valence-corrected chi connectivity index (χ2v) is 4.27. The Morgan fingerprint density at radius 2 is 1.95 bits per heavy atom. The summed E-state index contributed by atoms with van der Waals surface area (Å²) in [7, 11) is 1.18. The van der Waals surface area contributed by atoms with Crippen molar-refractivity contribution in [2.45, 2.75) is 25.1 Å². The lowest BCUT2D eigenvalue weighted by molar-refractivity contribution is -0.149. The second-order valence-electron chi connectivity index (χ2n) is 4.27. The molecule has 0 radical (unpaired) electrons. The lowest BCUT2D eigenvalue weighted by Gasteiger charge is -2.35. The van der Waals surface area contributed by atoms with Crippen molar-refractivity contribution in [3.63, 3.8) is 0 Å². The zero-order chi connectivity index (χ0) is 15.5. The molecule has 1 rings (SSSR count). The van der Waals surface area contributed by atoms with Crippen molar-refractivity contribution in [2.24, 2.45) is 5.92 Å². The van der Waals surface area contributed by atoms with Gasteiger partial charge in [0.1, 0.15) is 11.3 Å². The molecule has 1 aliphatic carbocycles. The van der Waals surface area contributed by atoms with Crippen LogP contribution in [-0.2, 0) is 14.3 Å². The molecule has 0 heterocycles. The van der Waals surface area contributed by atoms with Crippen LogP contribution in [0.1, 0.15) is 12.8 Å². The van der Waals surface area contributed by atoms with Gasteiger partial charge in [-0.2, -0.15) is 13.2 Å². The van der Waals surface area contributed by atoms with E-state index in [1.165, 1.54) is 7.11 Å². The van der Waals surface area contributed by atoms with Crippen molar-refractivity contribution in [1.82, 2.24) is 5.32 Å². The summed E-state index contributed by atoms with van der Waals surface area (Å²) in [6.07, 6.45) is -4.54.